The van der Waals surface area contributed by atoms with Gasteiger partial charge in [0, 0.05) is 16.1 Å². The van der Waals surface area contributed by atoms with E-state index in [1.807, 2.05) is 18.2 Å². The monoisotopic (exact) mass is 432 g/mol. The van der Waals surface area contributed by atoms with Crippen LogP contribution < -0.4 is 10.2 Å². The van der Waals surface area contributed by atoms with Crippen molar-refractivity contribution in [3.05, 3.63) is 100 Å². The van der Waals surface area contributed by atoms with Crippen LogP contribution in [-0.2, 0) is 12.8 Å². The third-order valence-electron chi connectivity index (χ3n) is 4.06. The Balaban J connectivity index is 1.56. The minimum absolute atomic E-state index is 0.216. The van der Waals surface area contributed by atoms with Gasteiger partial charge in [0.05, 0.1) is 11.8 Å². The molecule has 1 N–H and O–H groups in total. The van der Waals surface area contributed by atoms with Gasteiger partial charge in [0.15, 0.2) is 0 Å². The molecule has 0 spiro atoms. The quantitative estimate of drug-likeness (QED) is 0.401. The van der Waals surface area contributed by atoms with Crippen LogP contribution in [0.1, 0.15) is 27.0 Å². The molecule has 0 aromatic heterocycles. The van der Waals surface area contributed by atoms with Gasteiger partial charge in [-0.15, -0.1) is 0 Å². The zero-order valence-electron chi connectivity index (χ0n) is 15.5. The van der Waals surface area contributed by atoms with Crippen LogP contribution in [0.3, 0.4) is 0 Å². The molecule has 0 atom stereocenters. The van der Waals surface area contributed by atoms with Crippen molar-refractivity contribution in [3.63, 3.8) is 0 Å². The fraction of sp³-hybridized carbons (Fsp3) is 0.0909. The van der Waals surface area contributed by atoms with E-state index >= 15 is 0 Å². The maximum Gasteiger partial charge on any atom is 0.416 e. The maximum atomic E-state index is 12.7. The summed E-state index contributed by atoms with van der Waals surface area (Å²) < 4.78 is 43.8. The van der Waals surface area contributed by atoms with Crippen LogP contribution in [-0.4, -0.2) is 12.1 Å². The molecule has 30 heavy (non-hydrogen) atoms. The lowest BCUT2D eigenvalue weighted by Crippen LogP contribution is -2.17. The number of nitrogens with one attached hydrogen (secondary N) is 1. The number of hydrogen-bond acceptors (Lipinski definition) is 3. The average molecular weight is 433 g/mol. The van der Waals surface area contributed by atoms with Crippen molar-refractivity contribution in [1.29, 1.82) is 0 Å². The van der Waals surface area contributed by atoms with Gasteiger partial charge in [-0.2, -0.15) is 18.3 Å². The van der Waals surface area contributed by atoms with Crippen LogP contribution in [0.15, 0.2) is 77.9 Å². The van der Waals surface area contributed by atoms with Crippen molar-refractivity contribution < 1.29 is 22.7 Å². The molecule has 8 heteroatoms. The maximum absolute atomic E-state index is 12.7. The molecule has 3 rings (SSSR count). The highest BCUT2D eigenvalue weighted by atomic mass is 35.5. The number of hydrazone groups is 1. The van der Waals surface area contributed by atoms with Gasteiger partial charge in [-0.3, -0.25) is 4.79 Å². The normalized spacial score (nSPS) is 11.5. The van der Waals surface area contributed by atoms with E-state index < -0.39 is 17.6 Å². The van der Waals surface area contributed by atoms with E-state index in [1.165, 1.54) is 12.1 Å². The molecule has 154 valence electrons. The zero-order valence-corrected chi connectivity index (χ0v) is 16.2. The van der Waals surface area contributed by atoms with Crippen LogP contribution in [0, 0.1) is 0 Å². The van der Waals surface area contributed by atoms with E-state index in [0.29, 0.717) is 16.3 Å². The standard InChI is InChI=1S/C22H16ClF3N2O2/c23-20-7-2-1-5-17(20)14-30-19-10-8-16(9-11-19)21(29)28-27-13-15-4-3-6-18(12-15)22(24,25)26/h1-13H,14H2,(H,28,29)/b27-13+. The van der Waals surface area contributed by atoms with Crippen LogP contribution in [0.25, 0.3) is 0 Å². The van der Waals surface area contributed by atoms with E-state index in [1.54, 1.807) is 30.3 Å². The number of amides is 1. The molecule has 0 bridgehead atoms. The van der Waals surface area contributed by atoms with E-state index in [-0.39, 0.29) is 12.2 Å². The largest absolute Gasteiger partial charge is 0.489 e. The Morgan fingerprint density at radius 3 is 2.47 bits per heavy atom. The SMILES string of the molecule is O=C(N/N=C/c1cccc(C(F)(F)F)c1)c1ccc(OCc2ccccc2Cl)cc1. The molecule has 0 aliphatic heterocycles. The van der Waals surface area contributed by atoms with Crippen LogP contribution in [0.2, 0.25) is 5.02 Å². The van der Waals surface area contributed by atoms with Crippen molar-refractivity contribution in [2.45, 2.75) is 12.8 Å². The molecule has 0 unspecified atom stereocenters. The summed E-state index contributed by atoms with van der Waals surface area (Å²) in [5.41, 5.74) is 2.87. The number of alkyl halides is 3. The minimum atomic E-state index is -4.44. The van der Waals surface area contributed by atoms with E-state index in [4.69, 9.17) is 16.3 Å². The van der Waals surface area contributed by atoms with Gasteiger partial charge in [-0.05, 0) is 48.0 Å². The van der Waals surface area contributed by atoms with Crippen LogP contribution in [0.4, 0.5) is 13.2 Å². The Hall–Kier alpha value is -3.32. The highest BCUT2D eigenvalue weighted by Crippen LogP contribution is 2.29. The molecule has 0 fully saturated rings. The molecular weight excluding hydrogens is 417 g/mol. The molecule has 0 saturated carbocycles. The van der Waals surface area contributed by atoms with Gasteiger partial charge in [0.2, 0.25) is 0 Å². The Morgan fingerprint density at radius 2 is 1.77 bits per heavy atom. The topological polar surface area (TPSA) is 50.7 Å². The number of carbonyl (C=O) groups is 1. The first kappa shape index (κ1) is 21.4. The first-order chi connectivity index (χ1) is 14.3. The van der Waals surface area contributed by atoms with E-state index in [9.17, 15) is 18.0 Å². The summed E-state index contributed by atoms with van der Waals surface area (Å²) in [6, 6.07) is 18.3. The minimum Gasteiger partial charge on any atom is -0.489 e. The lowest BCUT2D eigenvalue weighted by molar-refractivity contribution is -0.137. The summed E-state index contributed by atoms with van der Waals surface area (Å²) in [4.78, 5) is 12.1. The van der Waals surface area contributed by atoms with Gasteiger partial charge in [-0.25, -0.2) is 5.43 Å². The molecule has 1 amide bonds. The highest BCUT2D eigenvalue weighted by Gasteiger charge is 2.30. The van der Waals surface area contributed by atoms with Crippen LogP contribution in [0.5, 0.6) is 5.75 Å². The number of rotatable bonds is 6. The molecule has 3 aromatic carbocycles. The van der Waals surface area contributed by atoms with Gasteiger partial charge >= 0.3 is 6.18 Å². The molecule has 0 radical (unpaired) electrons. The molecule has 0 saturated heterocycles. The Bertz CT molecular complexity index is 1050. The summed E-state index contributed by atoms with van der Waals surface area (Å²) >= 11 is 6.08. The number of carbonyl (C=O) groups excluding carboxylic acids is 1. The van der Waals surface area contributed by atoms with Crippen molar-refractivity contribution in [2.24, 2.45) is 5.10 Å². The first-order valence-electron chi connectivity index (χ1n) is 8.80. The Morgan fingerprint density at radius 1 is 1.03 bits per heavy atom. The smallest absolute Gasteiger partial charge is 0.416 e. The molecule has 0 aliphatic carbocycles. The second-order valence-electron chi connectivity index (χ2n) is 6.23. The van der Waals surface area contributed by atoms with Crippen LogP contribution >= 0.6 is 11.6 Å². The number of nitrogens with zero attached hydrogens (tertiary/aromatic N) is 1. The third-order valence-corrected chi connectivity index (χ3v) is 4.43. The van der Waals surface area contributed by atoms with Crippen molar-refractivity contribution >= 4 is 23.7 Å². The predicted octanol–water partition coefficient (Wildman–Crippen LogP) is 5.70. The van der Waals surface area contributed by atoms with Crippen molar-refractivity contribution in [2.75, 3.05) is 0 Å². The second-order valence-corrected chi connectivity index (χ2v) is 6.63. The van der Waals surface area contributed by atoms with Gasteiger partial charge < -0.3 is 4.74 Å². The first-order valence-corrected chi connectivity index (χ1v) is 9.17. The molecule has 0 aliphatic rings. The fourth-order valence-electron chi connectivity index (χ4n) is 2.50. The molecular formula is C22H16ClF3N2O2. The van der Waals surface area contributed by atoms with Crippen molar-refractivity contribution in [3.8, 4) is 5.75 Å². The predicted molar refractivity (Wildman–Crippen MR) is 109 cm³/mol. The van der Waals surface area contributed by atoms with Gasteiger partial charge in [0.25, 0.3) is 5.91 Å². The van der Waals surface area contributed by atoms with Gasteiger partial charge in [0.1, 0.15) is 12.4 Å². The average Bonchev–Trinajstić information content (AvgIpc) is 2.73. The summed E-state index contributed by atoms with van der Waals surface area (Å²) in [5, 5.41) is 4.32. The lowest BCUT2D eigenvalue weighted by Gasteiger charge is -2.08. The second kappa shape index (κ2) is 9.45. The summed E-state index contributed by atoms with van der Waals surface area (Å²) in [5.74, 6) is 0.0508. The zero-order chi connectivity index (χ0) is 21.6. The molecule has 3 aromatic rings. The van der Waals surface area contributed by atoms with Crippen molar-refractivity contribution in [1.82, 2.24) is 5.43 Å². The number of hydrogen-bond donors (Lipinski definition) is 1. The summed E-state index contributed by atoms with van der Waals surface area (Å²) in [6.07, 6.45) is -3.29. The highest BCUT2D eigenvalue weighted by molar-refractivity contribution is 6.31. The third kappa shape index (κ3) is 5.84. The van der Waals surface area contributed by atoms with E-state index in [0.717, 1.165) is 23.9 Å². The Kier molecular flexibility index (Phi) is 6.74. The number of halogens is 4. The van der Waals surface area contributed by atoms with Gasteiger partial charge in [-0.1, -0.05) is 41.9 Å². The lowest BCUT2D eigenvalue weighted by atomic mass is 10.1. The summed E-state index contributed by atoms with van der Waals surface area (Å²) in [6.45, 7) is 0.284. The Labute approximate surface area is 175 Å². The number of benzene rings is 3. The molecule has 0 heterocycles. The molecule has 4 nitrogen and oxygen atoms in total. The fourth-order valence-corrected chi connectivity index (χ4v) is 2.69. The van der Waals surface area contributed by atoms with E-state index in [2.05, 4.69) is 10.5 Å². The summed E-state index contributed by atoms with van der Waals surface area (Å²) in [7, 11) is 0. The number of ether oxygens (including phenoxy) is 1.